The van der Waals surface area contributed by atoms with Gasteiger partial charge in [0.2, 0.25) is 17.7 Å². The predicted molar refractivity (Wildman–Crippen MR) is 392 cm³/mol. The number of carbonyl (C=O) groups excluding carboxylic acids is 7. The van der Waals surface area contributed by atoms with Crippen molar-refractivity contribution in [3.8, 4) is 12.8 Å². The number of ether oxygens (including phenoxy) is 2. The van der Waals surface area contributed by atoms with Gasteiger partial charge in [-0.25, -0.2) is 28.0 Å². The van der Waals surface area contributed by atoms with Crippen LogP contribution in [0.4, 0.5) is 20.2 Å². The molecule has 2 saturated heterocycles. The molecule has 8 rings (SSSR count). The maximum absolute atomic E-state index is 14.0. The summed E-state index contributed by atoms with van der Waals surface area (Å²) in [7, 11) is 0. The Bertz CT molecular complexity index is 3560. The van der Waals surface area contributed by atoms with Crippen molar-refractivity contribution in [2.45, 2.75) is 121 Å². The molecule has 101 heavy (non-hydrogen) atoms. The van der Waals surface area contributed by atoms with Crippen LogP contribution in [0.1, 0.15) is 81.2 Å². The third kappa shape index (κ3) is 29.6. The van der Waals surface area contributed by atoms with Crippen LogP contribution in [0.2, 0.25) is 0 Å². The Morgan fingerprint density at radius 2 is 0.931 bits per heavy atom. The number of alkyl halides is 4. The van der Waals surface area contributed by atoms with Gasteiger partial charge in [-0.1, -0.05) is 109 Å². The summed E-state index contributed by atoms with van der Waals surface area (Å²) in [6.45, 7) is 9.32. The monoisotopic (exact) mass is 1470 g/mol. The predicted octanol–water partition coefficient (Wildman–Crippen LogP) is 10.3. The minimum atomic E-state index is -1.13. The molecule has 6 unspecified atom stereocenters. The van der Waals surface area contributed by atoms with Crippen LogP contribution in [-0.4, -0.2) is 164 Å². The summed E-state index contributed by atoms with van der Waals surface area (Å²) in [4.78, 5) is 105. The SMILES string of the molecule is CC1CCCN1OC(=O)Cc1ccccc1.CCOC(=O)C(Cc1ccc(F)cc1)NC(=O)C(Cc1cccc(N(CCCl)CCCl)c1)NC(=O)C1CCCN1OC(=O)Cc1ccccc1.CCOC(=O)C(Cc1ccc(F)cc1)NC(=O)C(N)Cc1cccc(N(CCCl)CCCl)c1.[2H]C#C. The zero-order valence-corrected chi connectivity index (χ0v) is 60.3. The van der Waals surface area contributed by atoms with Crippen molar-refractivity contribution in [3.63, 3.8) is 0 Å². The van der Waals surface area contributed by atoms with Crippen LogP contribution >= 0.6 is 46.4 Å². The van der Waals surface area contributed by atoms with Gasteiger partial charge in [0, 0.05) is 99.5 Å². The molecule has 2 heterocycles. The Hall–Kier alpha value is -8.33. The largest absolute Gasteiger partial charge is 0.464 e. The smallest absolute Gasteiger partial charge is 0.329 e. The highest BCUT2D eigenvalue weighted by Crippen LogP contribution is 2.23. The maximum atomic E-state index is 14.0. The van der Waals surface area contributed by atoms with Gasteiger partial charge in [0.15, 0.2) is 0 Å². The molecular weight excluding hydrogens is 1380 g/mol. The second-order valence-corrected chi connectivity index (χ2v) is 25.1. The molecule has 0 saturated carbocycles. The average Bonchev–Trinajstić information content (AvgIpc) is 1.55. The van der Waals surface area contributed by atoms with Crippen molar-refractivity contribution in [1.29, 1.82) is 0 Å². The van der Waals surface area contributed by atoms with E-state index in [0.29, 0.717) is 92.7 Å². The molecule has 2 aliphatic heterocycles. The normalized spacial score (nSPS) is 15.2. The zero-order chi connectivity index (χ0) is 74.2. The minimum absolute atomic E-state index is 0.0422. The lowest BCUT2D eigenvalue weighted by Gasteiger charge is -2.27. The topological polar surface area (TPSA) is 231 Å². The van der Waals surface area contributed by atoms with Gasteiger partial charge in [0.1, 0.15) is 37.2 Å². The van der Waals surface area contributed by atoms with E-state index in [4.69, 9.17) is 72.7 Å². The molecule has 2 aliphatic rings. The summed E-state index contributed by atoms with van der Waals surface area (Å²) in [6, 6.07) is 40.8. The number of anilines is 2. The first-order chi connectivity index (χ1) is 49.2. The third-order valence-electron chi connectivity index (χ3n) is 16.1. The molecule has 25 heteroatoms. The molecule has 19 nitrogen and oxygen atoms in total. The Labute approximate surface area is 613 Å². The van der Waals surface area contributed by atoms with Crippen LogP contribution in [0.25, 0.3) is 0 Å². The second-order valence-electron chi connectivity index (χ2n) is 23.6. The number of hydroxylamine groups is 4. The third-order valence-corrected chi connectivity index (χ3v) is 16.8. The fourth-order valence-electron chi connectivity index (χ4n) is 11.1. The molecule has 5 N–H and O–H groups in total. The summed E-state index contributed by atoms with van der Waals surface area (Å²) in [5, 5.41) is 11.5. The summed E-state index contributed by atoms with van der Waals surface area (Å²) < 4.78 is 42.9. The van der Waals surface area contributed by atoms with E-state index in [1.807, 2.05) is 114 Å². The van der Waals surface area contributed by atoms with Crippen LogP contribution in [0, 0.1) is 24.5 Å². The number of esters is 2. The number of amides is 3. The lowest BCUT2D eigenvalue weighted by atomic mass is 10.0. The van der Waals surface area contributed by atoms with E-state index in [1.165, 1.54) is 47.9 Å². The highest BCUT2D eigenvalue weighted by molar-refractivity contribution is 6.19. The molecule has 0 aromatic heterocycles. The van der Waals surface area contributed by atoms with Crippen LogP contribution in [-0.2, 0) is 91.2 Å². The molecule has 0 spiro atoms. The van der Waals surface area contributed by atoms with Crippen LogP contribution in [0.5, 0.6) is 0 Å². The fraction of sp³-hybridized carbons (Fsp3) is 0.408. The van der Waals surface area contributed by atoms with Gasteiger partial charge in [-0.15, -0.1) is 69.4 Å². The standard InChI is InChI=1S/C37H43Cl2FN4O6.C24H30Cl2FN3O3.C13H17NO2.C2H2/c1-2-49-37(48)32(23-27-13-15-29(40)16-14-27)42-35(46)31(24-28-10-6-11-30(22-28)43(20-17-38)21-18-39)41-36(47)33-12-7-19-44(33)50-34(45)25-26-8-4-3-5-9-26;1-2-33-24(32)22(16-17-6-8-19(27)9-7-17)29-23(31)21(28)15-18-4-3-5-20(14-18)30(12-10-25)13-11-26;1-11-6-5-9-14(11)16-13(15)10-12-7-3-2-4-8-12;1-2/h3-6,8-11,13-16,22,31-33H,2,7,12,17-21,23-25H2,1H3,(H,41,47)(H,42,46);3-9,14,21-22H,2,10-13,15-16,28H2,1H3,(H,29,31);2-4,7-8,11H,5-6,9-10H2,1H3;1-2H/i;;;1D. The van der Waals surface area contributed by atoms with Crippen molar-refractivity contribution >= 4 is 99.4 Å². The first kappa shape index (κ1) is 81.6. The molecule has 2 fully saturated rings. The van der Waals surface area contributed by atoms with Gasteiger partial charge in [-0.3, -0.25) is 14.4 Å². The molecule has 0 bridgehead atoms. The van der Waals surface area contributed by atoms with Crippen molar-refractivity contribution in [1.82, 2.24) is 26.1 Å². The van der Waals surface area contributed by atoms with Gasteiger partial charge in [0.05, 0.1) is 32.1 Å². The van der Waals surface area contributed by atoms with E-state index in [9.17, 15) is 42.3 Å². The van der Waals surface area contributed by atoms with E-state index in [-0.39, 0.29) is 57.1 Å². The lowest BCUT2D eigenvalue weighted by Crippen LogP contribution is -2.56. The fourth-order valence-corrected chi connectivity index (χ4v) is 11.9. The Morgan fingerprint density at radius 3 is 1.36 bits per heavy atom. The Kier molecular flexibility index (Phi) is 37.4. The summed E-state index contributed by atoms with van der Waals surface area (Å²) in [6.07, 6.45) is 9.96. The molecule has 6 atom stereocenters. The van der Waals surface area contributed by atoms with E-state index in [0.717, 1.165) is 53.0 Å². The molecular formula is C76H92Cl4F2N8O11. The Balaban J connectivity index is 0.000000306. The number of carbonyl (C=O) groups is 7. The highest BCUT2D eigenvalue weighted by atomic mass is 35.5. The van der Waals surface area contributed by atoms with Crippen LogP contribution in [0.3, 0.4) is 0 Å². The number of nitrogens with zero attached hydrogens (tertiary/aromatic N) is 4. The quantitative estimate of drug-likeness (QED) is 0.0167. The molecule has 6 aromatic carbocycles. The minimum Gasteiger partial charge on any atom is -0.464 e. The molecule has 0 radical (unpaired) electrons. The molecule has 0 aliphatic carbocycles. The van der Waals surface area contributed by atoms with Gasteiger partial charge in [-0.05, 0) is 135 Å². The van der Waals surface area contributed by atoms with Gasteiger partial charge in [-0.2, -0.15) is 0 Å². The van der Waals surface area contributed by atoms with Crippen molar-refractivity contribution in [2.75, 3.05) is 85.8 Å². The maximum Gasteiger partial charge on any atom is 0.329 e. The lowest BCUT2D eigenvalue weighted by molar-refractivity contribution is -0.195. The first-order valence-electron chi connectivity index (χ1n) is 34.1. The van der Waals surface area contributed by atoms with Crippen molar-refractivity contribution < 1.29 is 62.9 Å². The summed E-state index contributed by atoms with van der Waals surface area (Å²) in [5.74, 6) is -2.59. The number of hydrogen-bond donors (Lipinski definition) is 4. The number of terminal acetylenes is 1. The first-order valence-corrected chi connectivity index (χ1v) is 35.7. The molecule has 6 aromatic rings. The highest BCUT2D eigenvalue weighted by Gasteiger charge is 2.37. The number of nitrogens with one attached hydrogen (secondary N) is 3. The molecule has 544 valence electrons. The number of rotatable bonds is 34. The van der Waals surface area contributed by atoms with Crippen LogP contribution in [0.15, 0.2) is 158 Å². The second kappa shape index (κ2) is 46.2. The zero-order valence-electron chi connectivity index (χ0n) is 58.2. The van der Waals surface area contributed by atoms with Crippen molar-refractivity contribution in [3.05, 3.63) is 203 Å². The van der Waals surface area contributed by atoms with E-state index in [1.54, 1.807) is 31.0 Å². The van der Waals surface area contributed by atoms with E-state index in [2.05, 4.69) is 34.2 Å². The Morgan fingerprint density at radius 1 is 0.535 bits per heavy atom. The summed E-state index contributed by atoms with van der Waals surface area (Å²) in [5.41, 5.74) is 12.6. The van der Waals surface area contributed by atoms with Gasteiger partial charge in [0.25, 0.3) is 0 Å². The average molecular weight is 1470 g/mol. The van der Waals surface area contributed by atoms with Gasteiger partial charge < -0.3 is 50.6 Å². The molecule has 3 amide bonds. The number of halogens is 6. The van der Waals surface area contributed by atoms with Crippen LogP contribution < -0.4 is 31.5 Å². The van der Waals surface area contributed by atoms with Crippen molar-refractivity contribution in [2.24, 2.45) is 5.73 Å². The number of nitrogens with two attached hydrogens (primary N) is 1. The van der Waals surface area contributed by atoms with Gasteiger partial charge >= 0.3 is 23.9 Å². The number of hydrogen-bond acceptors (Lipinski definition) is 16. The summed E-state index contributed by atoms with van der Waals surface area (Å²) >= 11 is 23.9. The number of benzene rings is 6. The van der Waals surface area contributed by atoms with E-state index < -0.39 is 71.7 Å². The van der Waals surface area contributed by atoms with E-state index >= 15 is 0 Å².